The molecule has 0 unspecified atom stereocenters. The van der Waals surface area contributed by atoms with Crippen LogP contribution in [-0.2, 0) is 6.54 Å². The number of halogens is 1. The fraction of sp³-hybridized carbons (Fsp3) is 0.750. The van der Waals surface area contributed by atoms with Crippen molar-refractivity contribution in [2.75, 3.05) is 33.2 Å². The van der Waals surface area contributed by atoms with Gasteiger partial charge in [0.25, 0.3) is 0 Å². The Bertz CT molecular complexity index is 451. The summed E-state index contributed by atoms with van der Waals surface area (Å²) in [7, 11) is 1.82. The SMILES string of the molecule is CN=C(NCCn1cccn1)NCC(C)(C)N1CCCCC1.I. The highest BCUT2D eigenvalue weighted by molar-refractivity contribution is 14.0. The summed E-state index contributed by atoms with van der Waals surface area (Å²) in [5.41, 5.74) is 0.153. The van der Waals surface area contributed by atoms with Crippen LogP contribution in [0.3, 0.4) is 0 Å². The van der Waals surface area contributed by atoms with Crippen molar-refractivity contribution in [2.45, 2.75) is 45.2 Å². The van der Waals surface area contributed by atoms with E-state index in [0.29, 0.717) is 0 Å². The summed E-state index contributed by atoms with van der Waals surface area (Å²) in [6.07, 6.45) is 7.78. The van der Waals surface area contributed by atoms with Gasteiger partial charge in [-0.3, -0.25) is 14.6 Å². The lowest BCUT2D eigenvalue weighted by atomic mass is 9.98. The Morgan fingerprint density at radius 2 is 1.96 bits per heavy atom. The zero-order valence-corrected chi connectivity index (χ0v) is 16.9. The van der Waals surface area contributed by atoms with Crippen molar-refractivity contribution in [2.24, 2.45) is 4.99 Å². The third kappa shape index (κ3) is 6.66. The minimum Gasteiger partial charge on any atom is -0.355 e. The average Bonchev–Trinajstić information content (AvgIpc) is 3.05. The van der Waals surface area contributed by atoms with E-state index in [1.54, 1.807) is 6.20 Å². The second-order valence-corrected chi connectivity index (χ2v) is 6.48. The largest absolute Gasteiger partial charge is 0.355 e. The highest BCUT2D eigenvalue weighted by atomic mass is 127. The van der Waals surface area contributed by atoms with Gasteiger partial charge in [0.1, 0.15) is 0 Å². The number of rotatable bonds is 6. The predicted octanol–water partition coefficient (Wildman–Crippen LogP) is 1.93. The quantitative estimate of drug-likeness (QED) is 0.408. The van der Waals surface area contributed by atoms with Crippen LogP contribution in [0.2, 0.25) is 0 Å². The molecule has 0 amide bonds. The van der Waals surface area contributed by atoms with E-state index in [1.807, 2.05) is 24.0 Å². The monoisotopic (exact) mass is 434 g/mol. The molecule has 0 aliphatic carbocycles. The van der Waals surface area contributed by atoms with E-state index in [0.717, 1.165) is 25.6 Å². The highest BCUT2D eigenvalue weighted by Crippen LogP contribution is 2.19. The molecule has 1 aliphatic heterocycles. The van der Waals surface area contributed by atoms with Gasteiger partial charge in [0.15, 0.2) is 5.96 Å². The predicted molar refractivity (Wildman–Crippen MR) is 107 cm³/mol. The molecule has 1 saturated heterocycles. The number of piperidine rings is 1. The minimum absolute atomic E-state index is 0. The molecule has 0 bridgehead atoms. The molecule has 2 rings (SSSR count). The zero-order valence-electron chi connectivity index (χ0n) is 14.6. The van der Waals surface area contributed by atoms with Crippen molar-refractivity contribution in [3.63, 3.8) is 0 Å². The first kappa shape index (κ1) is 20.2. The summed E-state index contributed by atoms with van der Waals surface area (Å²) in [6, 6.07) is 1.94. The average molecular weight is 434 g/mol. The highest BCUT2D eigenvalue weighted by Gasteiger charge is 2.27. The van der Waals surface area contributed by atoms with E-state index in [4.69, 9.17) is 0 Å². The van der Waals surface area contributed by atoms with Crippen molar-refractivity contribution in [1.82, 2.24) is 25.3 Å². The normalized spacial score (nSPS) is 16.7. The standard InChI is InChI=1S/C16H30N6.HI/c1-16(2,21-10-5-4-6-11-21)14-19-15(17-3)18-9-13-22-12-7-8-20-22;/h7-8,12H,4-6,9-11,13-14H2,1-3H3,(H2,17,18,19);1H. The Labute approximate surface area is 157 Å². The van der Waals surface area contributed by atoms with Gasteiger partial charge in [0.2, 0.25) is 0 Å². The summed E-state index contributed by atoms with van der Waals surface area (Å²) in [5, 5.41) is 11.0. The van der Waals surface area contributed by atoms with Crippen molar-refractivity contribution in [3.8, 4) is 0 Å². The number of nitrogens with zero attached hydrogens (tertiary/aromatic N) is 4. The van der Waals surface area contributed by atoms with Gasteiger partial charge in [-0.2, -0.15) is 5.10 Å². The molecule has 0 spiro atoms. The van der Waals surface area contributed by atoms with Crippen LogP contribution >= 0.6 is 24.0 Å². The first-order valence-electron chi connectivity index (χ1n) is 8.29. The summed E-state index contributed by atoms with van der Waals surface area (Å²) in [4.78, 5) is 6.89. The van der Waals surface area contributed by atoms with Gasteiger partial charge in [-0.25, -0.2) is 0 Å². The van der Waals surface area contributed by atoms with Gasteiger partial charge in [0, 0.05) is 38.1 Å². The van der Waals surface area contributed by atoms with Gasteiger partial charge in [-0.1, -0.05) is 6.42 Å². The summed E-state index contributed by atoms with van der Waals surface area (Å²) in [6.45, 7) is 9.58. The molecule has 6 nitrogen and oxygen atoms in total. The molecule has 0 atom stereocenters. The second kappa shape index (κ2) is 10.1. The van der Waals surface area contributed by atoms with Crippen LogP contribution in [0.15, 0.2) is 23.5 Å². The maximum Gasteiger partial charge on any atom is 0.191 e. The Kier molecular flexibility index (Phi) is 8.90. The maximum absolute atomic E-state index is 4.30. The molecule has 23 heavy (non-hydrogen) atoms. The van der Waals surface area contributed by atoms with Crippen LogP contribution in [0.25, 0.3) is 0 Å². The van der Waals surface area contributed by atoms with Gasteiger partial charge in [-0.15, -0.1) is 24.0 Å². The Morgan fingerprint density at radius 1 is 1.22 bits per heavy atom. The molecule has 0 aromatic carbocycles. The molecule has 1 aromatic heterocycles. The van der Waals surface area contributed by atoms with Crippen LogP contribution in [0.5, 0.6) is 0 Å². The molecule has 132 valence electrons. The number of likely N-dealkylation sites (tertiary alicyclic amines) is 1. The van der Waals surface area contributed by atoms with Crippen molar-refractivity contribution in [1.29, 1.82) is 0 Å². The van der Waals surface area contributed by atoms with Crippen LogP contribution < -0.4 is 10.6 Å². The van der Waals surface area contributed by atoms with E-state index < -0.39 is 0 Å². The topological polar surface area (TPSA) is 57.5 Å². The van der Waals surface area contributed by atoms with E-state index in [-0.39, 0.29) is 29.5 Å². The molecule has 0 radical (unpaired) electrons. The second-order valence-electron chi connectivity index (χ2n) is 6.48. The van der Waals surface area contributed by atoms with E-state index in [9.17, 15) is 0 Å². The molecule has 2 heterocycles. The van der Waals surface area contributed by atoms with Gasteiger partial charge in [-0.05, 0) is 45.8 Å². The fourth-order valence-corrected chi connectivity index (χ4v) is 2.85. The maximum atomic E-state index is 4.30. The number of aliphatic imine (C=N–C) groups is 1. The van der Waals surface area contributed by atoms with E-state index in [1.165, 1.54) is 32.4 Å². The van der Waals surface area contributed by atoms with Crippen LogP contribution in [-0.4, -0.2) is 59.4 Å². The lowest BCUT2D eigenvalue weighted by Crippen LogP contribution is -2.55. The smallest absolute Gasteiger partial charge is 0.191 e. The third-order valence-corrected chi connectivity index (χ3v) is 4.32. The van der Waals surface area contributed by atoms with Gasteiger partial charge >= 0.3 is 0 Å². The van der Waals surface area contributed by atoms with Crippen LogP contribution in [0, 0.1) is 0 Å². The molecule has 1 fully saturated rings. The molecule has 1 aromatic rings. The van der Waals surface area contributed by atoms with E-state index in [2.05, 4.69) is 39.5 Å². The molecule has 1 aliphatic rings. The lowest BCUT2D eigenvalue weighted by molar-refractivity contribution is 0.0982. The fourth-order valence-electron chi connectivity index (χ4n) is 2.85. The van der Waals surface area contributed by atoms with Crippen LogP contribution in [0.4, 0.5) is 0 Å². The number of guanidine groups is 1. The number of nitrogens with one attached hydrogen (secondary N) is 2. The number of hydrogen-bond donors (Lipinski definition) is 2. The molecule has 0 saturated carbocycles. The Balaban J connectivity index is 0.00000264. The van der Waals surface area contributed by atoms with E-state index >= 15 is 0 Å². The summed E-state index contributed by atoms with van der Waals surface area (Å²) < 4.78 is 1.91. The van der Waals surface area contributed by atoms with Crippen molar-refractivity contribution >= 4 is 29.9 Å². The number of aromatic nitrogens is 2. The van der Waals surface area contributed by atoms with Gasteiger partial charge < -0.3 is 10.6 Å². The Hall–Kier alpha value is -0.830. The first-order valence-corrected chi connectivity index (χ1v) is 8.29. The lowest BCUT2D eigenvalue weighted by Gasteiger charge is -2.41. The van der Waals surface area contributed by atoms with Gasteiger partial charge in [0.05, 0.1) is 6.54 Å². The first-order chi connectivity index (χ1) is 10.6. The summed E-state index contributed by atoms with van der Waals surface area (Å²) in [5.74, 6) is 0.859. The Morgan fingerprint density at radius 3 is 2.57 bits per heavy atom. The molecule has 2 N–H and O–H groups in total. The molecular formula is C16H31IN6. The third-order valence-electron chi connectivity index (χ3n) is 4.32. The number of hydrogen-bond acceptors (Lipinski definition) is 3. The minimum atomic E-state index is 0. The summed E-state index contributed by atoms with van der Waals surface area (Å²) >= 11 is 0. The zero-order chi connectivity index (χ0) is 15.8. The van der Waals surface area contributed by atoms with Crippen LogP contribution in [0.1, 0.15) is 33.1 Å². The van der Waals surface area contributed by atoms with Crippen molar-refractivity contribution < 1.29 is 0 Å². The van der Waals surface area contributed by atoms with Crippen molar-refractivity contribution in [3.05, 3.63) is 18.5 Å². The molecular weight excluding hydrogens is 403 g/mol. The molecule has 7 heteroatoms.